The maximum atomic E-state index is 12.7. The number of nitro groups is 1. The molecule has 28 heavy (non-hydrogen) atoms. The van der Waals surface area contributed by atoms with E-state index in [0.29, 0.717) is 28.9 Å². The summed E-state index contributed by atoms with van der Waals surface area (Å²) in [5.41, 5.74) is 1.07. The molecule has 8 heteroatoms. The van der Waals surface area contributed by atoms with Crippen molar-refractivity contribution in [2.75, 3.05) is 13.7 Å². The molecule has 0 atom stereocenters. The van der Waals surface area contributed by atoms with E-state index in [4.69, 9.17) is 4.74 Å². The molecule has 2 aromatic carbocycles. The van der Waals surface area contributed by atoms with Crippen molar-refractivity contribution >= 4 is 22.5 Å². The van der Waals surface area contributed by atoms with Crippen LogP contribution in [0.1, 0.15) is 22.8 Å². The van der Waals surface area contributed by atoms with E-state index in [0.717, 1.165) is 5.39 Å². The lowest BCUT2D eigenvalue weighted by atomic mass is 10.1. The number of amides is 1. The maximum Gasteiger partial charge on any atom is 0.269 e. The Kier molecular flexibility index (Phi) is 5.39. The average Bonchev–Trinajstić information content (AvgIpc) is 2.71. The number of non-ortho nitro benzene ring substituents is 1. The molecule has 0 spiro atoms. The second kappa shape index (κ2) is 7.91. The largest absolute Gasteiger partial charge is 0.497 e. The van der Waals surface area contributed by atoms with Gasteiger partial charge in [0.15, 0.2) is 0 Å². The molecule has 0 saturated carbocycles. The van der Waals surface area contributed by atoms with E-state index < -0.39 is 4.92 Å². The summed E-state index contributed by atoms with van der Waals surface area (Å²) < 4.78 is 5.16. The molecule has 0 aliphatic carbocycles. The van der Waals surface area contributed by atoms with Crippen molar-refractivity contribution in [3.8, 4) is 5.75 Å². The summed E-state index contributed by atoms with van der Waals surface area (Å²) in [5.74, 6) is 0.339. The summed E-state index contributed by atoms with van der Waals surface area (Å²) in [6.07, 6.45) is 0. The number of carbonyl (C=O) groups is 1. The Morgan fingerprint density at radius 1 is 1.18 bits per heavy atom. The molecule has 0 unspecified atom stereocenters. The van der Waals surface area contributed by atoms with Crippen molar-refractivity contribution in [3.63, 3.8) is 0 Å². The molecule has 0 aliphatic rings. The molecule has 1 amide bonds. The fourth-order valence-electron chi connectivity index (χ4n) is 2.91. The van der Waals surface area contributed by atoms with E-state index in [2.05, 4.69) is 4.98 Å². The zero-order valence-corrected chi connectivity index (χ0v) is 15.5. The van der Waals surface area contributed by atoms with E-state index in [1.165, 1.54) is 29.2 Å². The highest BCUT2D eigenvalue weighted by Gasteiger charge is 2.17. The molecule has 144 valence electrons. The van der Waals surface area contributed by atoms with Gasteiger partial charge in [-0.2, -0.15) is 0 Å². The van der Waals surface area contributed by atoms with Crippen LogP contribution < -0.4 is 10.3 Å². The summed E-state index contributed by atoms with van der Waals surface area (Å²) in [6, 6.07) is 12.5. The van der Waals surface area contributed by atoms with Crippen LogP contribution in [0.15, 0.2) is 53.3 Å². The molecule has 8 nitrogen and oxygen atoms in total. The highest BCUT2D eigenvalue weighted by Crippen LogP contribution is 2.19. The van der Waals surface area contributed by atoms with Crippen molar-refractivity contribution in [2.45, 2.75) is 13.5 Å². The van der Waals surface area contributed by atoms with Gasteiger partial charge in [-0.1, -0.05) is 0 Å². The van der Waals surface area contributed by atoms with Gasteiger partial charge in [0.2, 0.25) is 0 Å². The van der Waals surface area contributed by atoms with Gasteiger partial charge in [-0.05, 0) is 42.6 Å². The normalized spacial score (nSPS) is 10.6. The van der Waals surface area contributed by atoms with Crippen LogP contribution in [-0.2, 0) is 6.54 Å². The lowest BCUT2D eigenvalue weighted by Crippen LogP contribution is -2.32. The first-order valence-corrected chi connectivity index (χ1v) is 8.66. The van der Waals surface area contributed by atoms with E-state index >= 15 is 0 Å². The van der Waals surface area contributed by atoms with Gasteiger partial charge < -0.3 is 14.6 Å². The molecule has 0 saturated heterocycles. The van der Waals surface area contributed by atoms with Gasteiger partial charge in [0.1, 0.15) is 5.75 Å². The number of methoxy groups -OCH3 is 1. The second-order valence-corrected chi connectivity index (χ2v) is 6.20. The third kappa shape index (κ3) is 3.85. The summed E-state index contributed by atoms with van der Waals surface area (Å²) in [6.45, 7) is 2.32. The van der Waals surface area contributed by atoms with Crippen LogP contribution in [0.25, 0.3) is 10.9 Å². The zero-order chi connectivity index (χ0) is 20.3. The number of rotatable bonds is 6. The lowest BCUT2D eigenvalue weighted by molar-refractivity contribution is -0.384. The number of carbonyl (C=O) groups excluding carboxylic acids is 1. The standard InChI is InChI=1S/C20H19N3O5/c1-3-22(20(25)13-4-7-16(8-5-13)23(26)27)12-15-10-14-6-9-17(28-2)11-18(14)21-19(15)24/h4-11H,3,12H2,1-2H3,(H,21,24). The Balaban J connectivity index is 1.87. The second-order valence-electron chi connectivity index (χ2n) is 6.20. The van der Waals surface area contributed by atoms with Crippen LogP contribution in [0.5, 0.6) is 5.75 Å². The Morgan fingerprint density at radius 2 is 1.89 bits per heavy atom. The molecule has 1 aromatic heterocycles. The number of ether oxygens (including phenoxy) is 1. The molecule has 3 rings (SSSR count). The summed E-state index contributed by atoms with van der Waals surface area (Å²) in [5, 5.41) is 11.6. The molecule has 0 bridgehead atoms. The maximum absolute atomic E-state index is 12.7. The highest BCUT2D eigenvalue weighted by atomic mass is 16.6. The summed E-state index contributed by atoms with van der Waals surface area (Å²) in [7, 11) is 1.55. The van der Waals surface area contributed by atoms with Crippen molar-refractivity contribution in [1.82, 2.24) is 9.88 Å². The van der Waals surface area contributed by atoms with Crippen LogP contribution >= 0.6 is 0 Å². The number of nitro benzene ring substituents is 1. The molecular formula is C20H19N3O5. The van der Waals surface area contributed by atoms with Gasteiger partial charge in [-0.25, -0.2) is 0 Å². The highest BCUT2D eigenvalue weighted by molar-refractivity contribution is 5.94. The smallest absolute Gasteiger partial charge is 0.269 e. The van der Waals surface area contributed by atoms with Crippen LogP contribution in [0.4, 0.5) is 5.69 Å². The van der Waals surface area contributed by atoms with Crippen molar-refractivity contribution in [1.29, 1.82) is 0 Å². The Morgan fingerprint density at radius 3 is 2.50 bits per heavy atom. The van der Waals surface area contributed by atoms with Crippen molar-refractivity contribution in [2.24, 2.45) is 0 Å². The zero-order valence-electron chi connectivity index (χ0n) is 15.5. The topological polar surface area (TPSA) is 106 Å². The van der Waals surface area contributed by atoms with E-state index in [1.807, 2.05) is 13.0 Å². The van der Waals surface area contributed by atoms with Gasteiger partial charge in [-0.15, -0.1) is 0 Å². The molecule has 0 fully saturated rings. The number of fused-ring (bicyclic) bond motifs is 1. The minimum atomic E-state index is -0.518. The number of hydrogen-bond donors (Lipinski definition) is 1. The van der Waals surface area contributed by atoms with Crippen LogP contribution in [0.3, 0.4) is 0 Å². The monoisotopic (exact) mass is 381 g/mol. The van der Waals surface area contributed by atoms with Crippen LogP contribution in [0, 0.1) is 10.1 Å². The predicted octanol–water partition coefficient (Wildman–Crippen LogP) is 3.11. The number of H-pyrrole nitrogens is 1. The third-order valence-electron chi connectivity index (χ3n) is 4.49. The number of hydrogen-bond acceptors (Lipinski definition) is 5. The lowest BCUT2D eigenvalue weighted by Gasteiger charge is -2.21. The summed E-state index contributed by atoms with van der Waals surface area (Å²) >= 11 is 0. The van der Waals surface area contributed by atoms with E-state index in [9.17, 15) is 19.7 Å². The Hall–Kier alpha value is -3.68. The number of pyridine rings is 1. The fraction of sp³-hybridized carbons (Fsp3) is 0.200. The number of benzene rings is 2. The Labute approximate surface area is 160 Å². The van der Waals surface area contributed by atoms with Crippen LogP contribution in [0.2, 0.25) is 0 Å². The number of aromatic nitrogens is 1. The average molecular weight is 381 g/mol. The minimum absolute atomic E-state index is 0.0824. The minimum Gasteiger partial charge on any atom is -0.497 e. The molecule has 0 radical (unpaired) electrons. The van der Waals surface area contributed by atoms with Gasteiger partial charge in [0.05, 0.1) is 24.1 Å². The first-order valence-electron chi connectivity index (χ1n) is 8.66. The molecule has 3 aromatic rings. The van der Waals surface area contributed by atoms with E-state index in [1.54, 1.807) is 25.3 Å². The fourth-order valence-corrected chi connectivity index (χ4v) is 2.91. The predicted molar refractivity (Wildman–Crippen MR) is 105 cm³/mol. The van der Waals surface area contributed by atoms with Gasteiger partial charge in [-0.3, -0.25) is 19.7 Å². The molecule has 1 heterocycles. The molecule has 1 N–H and O–H groups in total. The van der Waals surface area contributed by atoms with Crippen molar-refractivity contribution < 1.29 is 14.5 Å². The summed E-state index contributed by atoms with van der Waals surface area (Å²) in [4.78, 5) is 39.8. The SMILES string of the molecule is CCN(Cc1cc2ccc(OC)cc2[nH]c1=O)C(=O)c1ccc([N+](=O)[O-])cc1. The van der Waals surface area contributed by atoms with Gasteiger partial charge in [0.25, 0.3) is 17.2 Å². The quantitative estimate of drug-likeness (QED) is 0.522. The first kappa shape index (κ1) is 19.1. The number of nitrogens with one attached hydrogen (secondary N) is 1. The third-order valence-corrected chi connectivity index (χ3v) is 4.49. The number of aromatic amines is 1. The van der Waals surface area contributed by atoms with Gasteiger partial charge in [0, 0.05) is 35.9 Å². The number of nitrogens with zero attached hydrogens (tertiary/aromatic N) is 2. The molecular weight excluding hydrogens is 362 g/mol. The van der Waals surface area contributed by atoms with Crippen molar-refractivity contribution in [3.05, 3.63) is 80.1 Å². The Bertz CT molecular complexity index is 1090. The van der Waals surface area contributed by atoms with Crippen LogP contribution in [-0.4, -0.2) is 34.4 Å². The van der Waals surface area contributed by atoms with Gasteiger partial charge >= 0.3 is 0 Å². The molecule has 0 aliphatic heterocycles. The van der Waals surface area contributed by atoms with E-state index in [-0.39, 0.29) is 23.7 Å². The first-order chi connectivity index (χ1) is 13.4.